The molecule has 5 nitrogen and oxygen atoms in total. The number of carbonyl (C=O) groups excluding carboxylic acids is 2. The number of nitrogens with zero attached hydrogens (tertiary/aromatic N) is 1. The van der Waals surface area contributed by atoms with Gasteiger partial charge in [-0.1, -0.05) is 83.5 Å². The van der Waals surface area contributed by atoms with E-state index < -0.39 is 6.04 Å². The molecule has 34 heavy (non-hydrogen) atoms. The van der Waals surface area contributed by atoms with Gasteiger partial charge in [0.1, 0.15) is 11.8 Å². The molecule has 0 aliphatic carbocycles. The van der Waals surface area contributed by atoms with Crippen molar-refractivity contribution in [3.05, 3.63) is 101 Å². The van der Waals surface area contributed by atoms with Crippen molar-refractivity contribution < 1.29 is 14.3 Å². The summed E-state index contributed by atoms with van der Waals surface area (Å²) in [6.07, 6.45) is 1.23. The highest BCUT2D eigenvalue weighted by Crippen LogP contribution is 2.18. The fraction of sp³-hybridized carbons (Fsp3) is 0.286. The SMILES string of the molecule is CC[C@H](C)NC(=O)[C@H](Cc1ccccc1)N(Cc1ccccc1)C(=O)COc1ccc(Br)cc1. The van der Waals surface area contributed by atoms with Gasteiger partial charge in [-0.15, -0.1) is 0 Å². The molecule has 2 atom stereocenters. The molecule has 0 saturated carbocycles. The van der Waals surface area contributed by atoms with Gasteiger partial charge in [0.15, 0.2) is 6.61 Å². The summed E-state index contributed by atoms with van der Waals surface area (Å²) >= 11 is 3.40. The number of nitrogens with one attached hydrogen (secondary N) is 1. The fourth-order valence-corrected chi connectivity index (χ4v) is 3.80. The van der Waals surface area contributed by atoms with Crippen LogP contribution in [-0.4, -0.2) is 35.4 Å². The zero-order valence-electron chi connectivity index (χ0n) is 19.6. The first-order chi connectivity index (χ1) is 16.5. The van der Waals surface area contributed by atoms with Crippen LogP contribution in [0.5, 0.6) is 5.75 Å². The molecule has 0 bridgehead atoms. The standard InChI is InChI=1S/C28H31BrN2O3/c1-3-21(2)30-28(33)26(18-22-10-6-4-7-11-22)31(19-23-12-8-5-9-13-23)27(32)20-34-25-16-14-24(29)15-17-25/h4-17,21,26H,3,18-20H2,1-2H3,(H,30,33)/t21-,26-/m0/s1. The molecule has 0 aliphatic rings. The number of rotatable bonds is 11. The summed E-state index contributed by atoms with van der Waals surface area (Å²) in [6.45, 7) is 4.15. The predicted molar refractivity (Wildman–Crippen MR) is 138 cm³/mol. The topological polar surface area (TPSA) is 58.6 Å². The third kappa shape index (κ3) is 7.73. The Morgan fingerprint density at radius 3 is 2.09 bits per heavy atom. The molecule has 3 aromatic rings. The monoisotopic (exact) mass is 522 g/mol. The molecule has 3 rings (SSSR count). The lowest BCUT2D eigenvalue weighted by atomic mass is 10.0. The Bertz CT molecular complexity index is 1040. The van der Waals surface area contributed by atoms with E-state index in [0.717, 1.165) is 22.0 Å². The van der Waals surface area contributed by atoms with Crippen LogP contribution in [0.1, 0.15) is 31.4 Å². The number of amides is 2. The molecule has 0 aliphatic heterocycles. The first-order valence-electron chi connectivity index (χ1n) is 11.5. The van der Waals surface area contributed by atoms with Gasteiger partial charge in [-0.25, -0.2) is 0 Å². The van der Waals surface area contributed by atoms with Gasteiger partial charge in [0, 0.05) is 23.5 Å². The molecule has 0 radical (unpaired) electrons. The molecule has 0 saturated heterocycles. The van der Waals surface area contributed by atoms with Crippen LogP contribution in [0.3, 0.4) is 0 Å². The molecule has 178 valence electrons. The van der Waals surface area contributed by atoms with Crippen LogP contribution in [0.4, 0.5) is 0 Å². The largest absolute Gasteiger partial charge is 0.484 e. The first-order valence-corrected chi connectivity index (χ1v) is 12.3. The summed E-state index contributed by atoms with van der Waals surface area (Å²) in [5, 5.41) is 3.07. The number of ether oxygens (including phenoxy) is 1. The lowest BCUT2D eigenvalue weighted by Gasteiger charge is -2.32. The smallest absolute Gasteiger partial charge is 0.261 e. The minimum Gasteiger partial charge on any atom is -0.484 e. The Labute approximate surface area is 210 Å². The highest BCUT2D eigenvalue weighted by Gasteiger charge is 2.31. The highest BCUT2D eigenvalue weighted by atomic mass is 79.9. The van der Waals surface area contributed by atoms with E-state index in [0.29, 0.717) is 18.7 Å². The number of halogens is 1. The first kappa shape index (κ1) is 25.5. The molecule has 3 aromatic carbocycles. The number of benzene rings is 3. The van der Waals surface area contributed by atoms with E-state index in [4.69, 9.17) is 4.74 Å². The van der Waals surface area contributed by atoms with Crippen LogP contribution >= 0.6 is 15.9 Å². The zero-order valence-corrected chi connectivity index (χ0v) is 21.2. The Balaban J connectivity index is 1.88. The van der Waals surface area contributed by atoms with Gasteiger partial charge in [-0.05, 0) is 48.7 Å². The van der Waals surface area contributed by atoms with Crippen molar-refractivity contribution >= 4 is 27.7 Å². The van der Waals surface area contributed by atoms with E-state index in [-0.39, 0.29) is 24.5 Å². The second-order valence-electron chi connectivity index (χ2n) is 8.27. The summed E-state index contributed by atoms with van der Waals surface area (Å²) in [5.74, 6) is 0.193. The van der Waals surface area contributed by atoms with Gasteiger partial charge < -0.3 is 15.0 Å². The van der Waals surface area contributed by atoms with Gasteiger partial charge in [0.05, 0.1) is 0 Å². The summed E-state index contributed by atoms with van der Waals surface area (Å²) in [5.41, 5.74) is 1.94. The third-order valence-corrected chi connectivity index (χ3v) is 6.17. The molecule has 0 aromatic heterocycles. The minimum absolute atomic E-state index is 0.0125. The molecule has 0 fully saturated rings. The van der Waals surface area contributed by atoms with E-state index in [2.05, 4.69) is 21.2 Å². The Kier molecular flexibility index (Phi) is 9.71. The van der Waals surface area contributed by atoms with Gasteiger partial charge >= 0.3 is 0 Å². The van der Waals surface area contributed by atoms with Gasteiger partial charge in [-0.3, -0.25) is 9.59 Å². The minimum atomic E-state index is -0.669. The quantitative estimate of drug-likeness (QED) is 0.367. The Hall–Kier alpha value is -3.12. The van der Waals surface area contributed by atoms with Gasteiger partial charge in [0.25, 0.3) is 5.91 Å². The number of hydrogen-bond acceptors (Lipinski definition) is 3. The summed E-state index contributed by atoms with van der Waals surface area (Å²) in [6, 6.07) is 26.2. The molecular formula is C28H31BrN2O3. The lowest BCUT2D eigenvalue weighted by Crippen LogP contribution is -2.53. The number of hydrogen-bond donors (Lipinski definition) is 1. The van der Waals surface area contributed by atoms with Crippen LogP contribution in [0, 0.1) is 0 Å². The van der Waals surface area contributed by atoms with Crippen molar-refractivity contribution in [1.82, 2.24) is 10.2 Å². The maximum atomic E-state index is 13.5. The fourth-order valence-electron chi connectivity index (χ4n) is 3.53. The Morgan fingerprint density at radius 2 is 1.50 bits per heavy atom. The van der Waals surface area contributed by atoms with Crippen molar-refractivity contribution in [2.45, 2.75) is 45.3 Å². The third-order valence-electron chi connectivity index (χ3n) is 5.64. The molecule has 0 unspecified atom stereocenters. The molecule has 0 heterocycles. The van der Waals surface area contributed by atoms with Crippen LogP contribution < -0.4 is 10.1 Å². The van der Waals surface area contributed by atoms with E-state index in [1.807, 2.05) is 86.6 Å². The number of carbonyl (C=O) groups is 2. The summed E-state index contributed by atoms with van der Waals surface area (Å²) < 4.78 is 6.71. The van der Waals surface area contributed by atoms with Crippen molar-refractivity contribution in [3.8, 4) is 5.75 Å². The molecular weight excluding hydrogens is 492 g/mol. The van der Waals surface area contributed by atoms with Crippen LogP contribution in [0.25, 0.3) is 0 Å². The van der Waals surface area contributed by atoms with Crippen LogP contribution in [-0.2, 0) is 22.6 Å². The lowest BCUT2D eigenvalue weighted by molar-refractivity contribution is -0.143. The highest BCUT2D eigenvalue weighted by molar-refractivity contribution is 9.10. The van der Waals surface area contributed by atoms with E-state index in [1.165, 1.54) is 0 Å². The average Bonchev–Trinajstić information content (AvgIpc) is 2.86. The summed E-state index contributed by atoms with van der Waals surface area (Å²) in [7, 11) is 0. The summed E-state index contributed by atoms with van der Waals surface area (Å²) in [4.78, 5) is 28.5. The van der Waals surface area contributed by atoms with Gasteiger partial charge in [-0.2, -0.15) is 0 Å². The maximum Gasteiger partial charge on any atom is 0.261 e. The van der Waals surface area contributed by atoms with Crippen molar-refractivity contribution in [3.63, 3.8) is 0 Å². The van der Waals surface area contributed by atoms with E-state index in [9.17, 15) is 9.59 Å². The predicted octanol–water partition coefficient (Wildman–Crippen LogP) is 5.38. The van der Waals surface area contributed by atoms with Crippen molar-refractivity contribution in [2.75, 3.05) is 6.61 Å². The van der Waals surface area contributed by atoms with E-state index in [1.54, 1.807) is 17.0 Å². The zero-order chi connectivity index (χ0) is 24.3. The second kappa shape index (κ2) is 12.9. The average molecular weight is 523 g/mol. The molecule has 6 heteroatoms. The molecule has 1 N–H and O–H groups in total. The van der Waals surface area contributed by atoms with Crippen LogP contribution in [0.2, 0.25) is 0 Å². The van der Waals surface area contributed by atoms with Crippen molar-refractivity contribution in [2.24, 2.45) is 0 Å². The second-order valence-corrected chi connectivity index (χ2v) is 9.19. The van der Waals surface area contributed by atoms with E-state index >= 15 is 0 Å². The molecule has 2 amide bonds. The normalized spacial score (nSPS) is 12.4. The maximum absolute atomic E-state index is 13.5. The Morgan fingerprint density at radius 1 is 0.912 bits per heavy atom. The van der Waals surface area contributed by atoms with Crippen molar-refractivity contribution in [1.29, 1.82) is 0 Å². The van der Waals surface area contributed by atoms with Crippen LogP contribution in [0.15, 0.2) is 89.4 Å². The molecule has 0 spiro atoms. The van der Waals surface area contributed by atoms with Gasteiger partial charge in [0.2, 0.25) is 5.91 Å².